The zero-order valence-corrected chi connectivity index (χ0v) is 15.2. The molecule has 0 spiro atoms. The van der Waals surface area contributed by atoms with E-state index in [1.54, 1.807) is 47.3 Å². The van der Waals surface area contributed by atoms with Crippen molar-refractivity contribution in [1.82, 2.24) is 19.8 Å². The molecular weight excluding hydrogens is 376 g/mol. The highest BCUT2D eigenvalue weighted by Crippen LogP contribution is 2.33. The lowest BCUT2D eigenvalue weighted by molar-refractivity contribution is -0.124. The van der Waals surface area contributed by atoms with E-state index < -0.39 is 0 Å². The van der Waals surface area contributed by atoms with E-state index in [2.05, 4.69) is 10.3 Å². The first-order valence-electron chi connectivity index (χ1n) is 7.77. The van der Waals surface area contributed by atoms with Crippen LogP contribution >= 0.6 is 23.4 Å². The first-order valence-corrected chi connectivity index (χ1v) is 8.96. The summed E-state index contributed by atoms with van der Waals surface area (Å²) in [5.74, 6) is -0.606. The molecule has 0 bridgehead atoms. The van der Waals surface area contributed by atoms with Crippen molar-refractivity contribution in [1.29, 1.82) is 0 Å². The smallest absolute Gasteiger partial charge is 0.293 e. The summed E-state index contributed by atoms with van der Waals surface area (Å²) in [5.41, 5.74) is 0.674. The average Bonchev–Trinajstić information content (AvgIpc) is 3.20. The van der Waals surface area contributed by atoms with Crippen molar-refractivity contribution in [3.8, 4) is 0 Å². The van der Waals surface area contributed by atoms with E-state index in [1.807, 2.05) is 0 Å². The SMILES string of the molecule is O=C(Cn1ccnc1)NCCN1C(=O)SC(=Cc2ccccc2Cl)C1=O. The fourth-order valence-electron chi connectivity index (χ4n) is 2.34. The maximum atomic E-state index is 12.4. The number of imide groups is 1. The fourth-order valence-corrected chi connectivity index (χ4v) is 3.38. The average molecular weight is 391 g/mol. The highest BCUT2D eigenvalue weighted by molar-refractivity contribution is 8.18. The van der Waals surface area contributed by atoms with E-state index in [-0.39, 0.29) is 36.7 Å². The summed E-state index contributed by atoms with van der Waals surface area (Å²) in [6.07, 6.45) is 6.40. The van der Waals surface area contributed by atoms with Gasteiger partial charge in [-0.15, -0.1) is 0 Å². The number of rotatable bonds is 6. The molecule has 0 unspecified atom stereocenters. The van der Waals surface area contributed by atoms with Crippen LogP contribution in [-0.4, -0.2) is 44.6 Å². The molecule has 1 fully saturated rings. The normalized spacial score (nSPS) is 15.7. The highest BCUT2D eigenvalue weighted by Gasteiger charge is 2.34. The summed E-state index contributed by atoms with van der Waals surface area (Å²) < 4.78 is 1.63. The Hall–Kier alpha value is -2.58. The molecule has 7 nitrogen and oxygen atoms in total. The lowest BCUT2D eigenvalue weighted by atomic mass is 10.2. The fraction of sp³-hybridized carbons (Fsp3) is 0.176. The second kappa shape index (κ2) is 8.20. The van der Waals surface area contributed by atoms with Gasteiger partial charge in [0.2, 0.25) is 5.91 Å². The Morgan fingerprint density at radius 1 is 1.31 bits per heavy atom. The van der Waals surface area contributed by atoms with Gasteiger partial charge >= 0.3 is 0 Å². The van der Waals surface area contributed by atoms with E-state index >= 15 is 0 Å². The van der Waals surface area contributed by atoms with Crippen molar-refractivity contribution in [2.45, 2.75) is 6.54 Å². The van der Waals surface area contributed by atoms with Gasteiger partial charge < -0.3 is 9.88 Å². The first-order chi connectivity index (χ1) is 12.5. The Bertz CT molecular complexity index is 867. The lowest BCUT2D eigenvalue weighted by Crippen LogP contribution is -2.38. The van der Waals surface area contributed by atoms with Crippen LogP contribution < -0.4 is 5.32 Å². The molecule has 0 saturated carbocycles. The number of carbonyl (C=O) groups excluding carboxylic acids is 3. The molecule has 0 aliphatic carbocycles. The first kappa shape index (κ1) is 18.2. The quantitative estimate of drug-likeness (QED) is 0.765. The van der Waals surface area contributed by atoms with Gasteiger partial charge in [-0.3, -0.25) is 19.3 Å². The molecule has 3 amide bonds. The van der Waals surface area contributed by atoms with Gasteiger partial charge in [0, 0.05) is 30.5 Å². The van der Waals surface area contributed by atoms with Crippen LogP contribution in [0.1, 0.15) is 5.56 Å². The van der Waals surface area contributed by atoms with Crippen LogP contribution in [0, 0.1) is 0 Å². The second-order valence-corrected chi connectivity index (χ2v) is 6.84. The molecule has 1 aliphatic rings. The molecule has 134 valence electrons. The van der Waals surface area contributed by atoms with E-state index in [4.69, 9.17) is 11.6 Å². The van der Waals surface area contributed by atoms with Gasteiger partial charge in [0.1, 0.15) is 6.54 Å². The minimum Gasteiger partial charge on any atom is -0.353 e. The van der Waals surface area contributed by atoms with Gasteiger partial charge in [0.15, 0.2) is 0 Å². The van der Waals surface area contributed by atoms with E-state index in [1.165, 1.54) is 6.33 Å². The summed E-state index contributed by atoms with van der Waals surface area (Å²) in [5, 5.41) is 2.82. The molecule has 26 heavy (non-hydrogen) atoms. The van der Waals surface area contributed by atoms with Crippen LogP contribution in [0.2, 0.25) is 5.02 Å². The van der Waals surface area contributed by atoms with Gasteiger partial charge in [-0.05, 0) is 29.5 Å². The van der Waals surface area contributed by atoms with Crippen molar-refractivity contribution in [3.63, 3.8) is 0 Å². The van der Waals surface area contributed by atoms with E-state index in [0.29, 0.717) is 15.5 Å². The molecule has 0 radical (unpaired) electrons. The number of imidazole rings is 1. The van der Waals surface area contributed by atoms with Gasteiger partial charge in [0.05, 0.1) is 11.2 Å². The van der Waals surface area contributed by atoms with Crippen LogP contribution in [0.25, 0.3) is 6.08 Å². The molecule has 0 atom stereocenters. The molecule has 3 rings (SSSR count). The molecule has 1 aromatic carbocycles. The maximum absolute atomic E-state index is 12.4. The van der Waals surface area contributed by atoms with Crippen molar-refractivity contribution in [3.05, 3.63) is 58.5 Å². The van der Waals surface area contributed by atoms with Crippen LogP contribution in [0.5, 0.6) is 0 Å². The van der Waals surface area contributed by atoms with Crippen molar-refractivity contribution in [2.24, 2.45) is 0 Å². The number of nitrogens with one attached hydrogen (secondary N) is 1. The zero-order valence-electron chi connectivity index (χ0n) is 13.6. The van der Waals surface area contributed by atoms with Crippen molar-refractivity contribution in [2.75, 3.05) is 13.1 Å². The number of aromatic nitrogens is 2. The number of carbonyl (C=O) groups is 3. The molecule has 2 aromatic rings. The molecule has 1 N–H and O–H groups in total. The number of hydrogen-bond donors (Lipinski definition) is 1. The number of halogens is 1. The number of benzene rings is 1. The van der Waals surface area contributed by atoms with Crippen LogP contribution in [0.15, 0.2) is 47.9 Å². The standard InChI is InChI=1S/C17H15ClN4O3S/c18-13-4-2-1-3-12(13)9-14-16(24)22(17(25)26-14)8-6-20-15(23)10-21-7-5-19-11-21/h1-5,7,9,11H,6,8,10H2,(H,20,23). The number of amides is 3. The number of hydrogen-bond acceptors (Lipinski definition) is 5. The number of thioether (sulfide) groups is 1. The minimum absolute atomic E-state index is 0.111. The Morgan fingerprint density at radius 2 is 2.12 bits per heavy atom. The summed E-state index contributed by atoms with van der Waals surface area (Å²) in [6.45, 7) is 0.430. The summed E-state index contributed by atoms with van der Waals surface area (Å²) in [4.78, 5) is 41.6. The molecule has 1 saturated heterocycles. The second-order valence-electron chi connectivity index (χ2n) is 5.44. The Morgan fingerprint density at radius 3 is 2.85 bits per heavy atom. The lowest BCUT2D eigenvalue weighted by Gasteiger charge is -2.13. The highest BCUT2D eigenvalue weighted by atomic mass is 35.5. The van der Waals surface area contributed by atoms with Crippen LogP contribution in [-0.2, 0) is 16.1 Å². The van der Waals surface area contributed by atoms with E-state index in [9.17, 15) is 14.4 Å². The molecular formula is C17H15ClN4O3S. The Kier molecular flexibility index (Phi) is 5.75. The monoisotopic (exact) mass is 390 g/mol. The van der Waals surface area contributed by atoms with Crippen molar-refractivity contribution < 1.29 is 14.4 Å². The Labute approximate surface area is 159 Å². The Balaban J connectivity index is 1.56. The van der Waals surface area contributed by atoms with Gasteiger partial charge in [0.25, 0.3) is 11.1 Å². The van der Waals surface area contributed by atoms with Crippen molar-refractivity contribution >= 4 is 46.5 Å². The topological polar surface area (TPSA) is 84.3 Å². The van der Waals surface area contributed by atoms with Gasteiger partial charge in [-0.2, -0.15) is 0 Å². The predicted octanol–water partition coefficient (Wildman–Crippen LogP) is 2.39. The molecule has 1 aromatic heterocycles. The molecule has 9 heteroatoms. The van der Waals surface area contributed by atoms with Gasteiger partial charge in [-0.25, -0.2) is 4.98 Å². The third-order valence-electron chi connectivity index (χ3n) is 3.61. The third kappa shape index (κ3) is 4.33. The summed E-state index contributed by atoms with van der Waals surface area (Å²) >= 11 is 6.95. The predicted molar refractivity (Wildman–Crippen MR) is 99.4 cm³/mol. The zero-order chi connectivity index (χ0) is 18.5. The molecule has 2 heterocycles. The minimum atomic E-state index is -0.385. The maximum Gasteiger partial charge on any atom is 0.293 e. The summed E-state index contributed by atoms with van der Waals surface area (Å²) in [6, 6.07) is 7.08. The van der Waals surface area contributed by atoms with E-state index in [0.717, 1.165) is 16.7 Å². The summed E-state index contributed by atoms with van der Waals surface area (Å²) in [7, 11) is 0. The molecule has 1 aliphatic heterocycles. The third-order valence-corrected chi connectivity index (χ3v) is 4.86. The van der Waals surface area contributed by atoms with Crippen LogP contribution in [0.3, 0.4) is 0 Å². The largest absolute Gasteiger partial charge is 0.353 e. The van der Waals surface area contributed by atoms with Gasteiger partial charge in [-0.1, -0.05) is 29.8 Å². The van der Waals surface area contributed by atoms with Crippen LogP contribution in [0.4, 0.5) is 4.79 Å². The number of nitrogens with zero attached hydrogens (tertiary/aromatic N) is 3.